The Hall–Kier alpha value is -9.77. The molecule has 0 radical (unpaired) electrons. The van der Waals surface area contributed by atoms with Crippen molar-refractivity contribution < 1.29 is 127 Å². The summed E-state index contributed by atoms with van der Waals surface area (Å²) in [5.74, 6) is -4.03. The molecule has 0 atom stereocenters. The number of nitrogens with zero attached hydrogens (tertiary/aromatic N) is 4. The molecule has 0 aliphatic rings. The number of hydrogen-bond donors (Lipinski definition) is 8. The zero-order valence-corrected chi connectivity index (χ0v) is 74.5. The van der Waals surface area contributed by atoms with E-state index in [2.05, 4.69) is 137 Å². The molecule has 38 heteroatoms. The summed E-state index contributed by atoms with van der Waals surface area (Å²) in [6.07, 6.45) is 14.1. The van der Waals surface area contributed by atoms with E-state index in [4.69, 9.17) is 28.6 Å². The molecule has 0 saturated heterocycles. The number of benzene rings is 5. The second-order valence-electron chi connectivity index (χ2n) is 22.4. The van der Waals surface area contributed by atoms with Crippen molar-refractivity contribution in [2.75, 3.05) is 67.8 Å². The molecule has 0 spiro atoms. The summed E-state index contributed by atoms with van der Waals surface area (Å²) in [6, 6.07) is 50.4. The van der Waals surface area contributed by atoms with Crippen LogP contribution in [0.25, 0.3) is 12.2 Å². The van der Waals surface area contributed by atoms with Crippen molar-refractivity contribution >= 4 is 146 Å². The Balaban J connectivity index is -0.000000412. The molecular weight excluding hydrogens is 1720 g/mol. The summed E-state index contributed by atoms with van der Waals surface area (Å²) in [6.45, 7) is 15.0. The van der Waals surface area contributed by atoms with Crippen LogP contribution in [-0.2, 0) is 128 Å². The van der Waals surface area contributed by atoms with Gasteiger partial charge in [0.15, 0.2) is 11.7 Å². The number of hydroxylamine groups is 3. The van der Waals surface area contributed by atoms with Crippen LogP contribution in [0.4, 0.5) is 0 Å². The maximum atomic E-state index is 11.3. The van der Waals surface area contributed by atoms with Gasteiger partial charge >= 0.3 is 58.1 Å². The van der Waals surface area contributed by atoms with E-state index in [0.717, 1.165) is 73.0 Å². The average Bonchev–Trinajstić information content (AvgIpc) is 1.76. The van der Waals surface area contributed by atoms with Crippen LogP contribution in [0.1, 0.15) is 111 Å². The number of aliphatic carboxylic acids is 2. The Morgan fingerprint density at radius 1 is 0.500 bits per heavy atom. The van der Waals surface area contributed by atoms with E-state index in [0.29, 0.717) is 30.8 Å². The predicted octanol–water partition coefficient (Wildman–Crippen LogP) is 9.61. The maximum Gasteiger partial charge on any atom is 2.00 e. The fourth-order valence-electron chi connectivity index (χ4n) is 7.70. The topological polar surface area (TPSA) is 444 Å². The maximum absolute atomic E-state index is 11.3. The molecule has 4 amide bonds. The molecule has 0 aliphatic heterocycles. The van der Waals surface area contributed by atoms with Crippen LogP contribution in [0, 0.1) is 13.8 Å². The second-order valence-corrected chi connectivity index (χ2v) is 29.1. The van der Waals surface area contributed by atoms with Gasteiger partial charge < -0.3 is 92.6 Å². The van der Waals surface area contributed by atoms with Crippen LogP contribution >= 0.6 is 51.3 Å². The number of nitrogens with one attached hydrogen (secondary N) is 4. The van der Waals surface area contributed by atoms with Gasteiger partial charge in [-0.15, -0.1) is 12.4 Å². The van der Waals surface area contributed by atoms with Gasteiger partial charge in [0, 0.05) is 67.5 Å². The van der Waals surface area contributed by atoms with Crippen molar-refractivity contribution in [3.8, 4) is 0 Å². The third-order valence-electron chi connectivity index (χ3n) is 13.3. The fourth-order valence-corrected chi connectivity index (χ4v) is 7.70. The van der Waals surface area contributed by atoms with Gasteiger partial charge in [-0.25, -0.2) is 44.7 Å². The number of Topliss-reactive ketones (excluding diaryl/α,β-unsaturated/α-hetero) is 1. The van der Waals surface area contributed by atoms with E-state index >= 15 is 0 Å². The number of carboxylic acid groups (broad SMARTS) is 2. The van der Waals surface area contributed by atoms with Crippen molar-refractivity contribution in [1.82, 2.24) is 41.4 Å². The van der Waals surface area contributed by atoms with E-state index in [1.54, 1.807) is 47.3 Å². The Kier molecular flexibility index (Phi) is 72.8. The molecule has 8 rings (SSSR count). The van der Waals surface area contributed by atoms with E-state index < -0.39 is 46.6 Å². The van der Waals surface area contributed by atoms with Crippen LogP contribution in [0.3, 0.4) is 0 Å². The van der Waals surface area contributed by atoms with Gasteiger partial charge in [-0.3, -0.25) is 38.2 Å². The van der Waals surface area contributed by atoms with Gasteiger partial charge in [0.25, 0.3) is 5.91 Å². The number of likely N-dealkylation sites (N-methyl/N-ethyl adjacent to an activating group) is 1. The molecule has 5 aromatic carbocycles. The number of aliphatic hydroxyl groups is 2. The van der Waals surface area contributed by atoms with Gasteiger partial charge in [0.1, 0.15) is 23.8 Å². The molecule has 31 nitrogen and oxygen atoms in total. The molecule has 118 heavy (non-hydrogen) atoms. The third-order valence-corrected chi connectivity index (χ3v) is 13.3. The van der Waals surface area contributed by atoms with E-state index in [1.807, 2.05) is 122 Å². The molecule has 644 valence electrons. The average molecular weight is 1820 g/mol. The van der Waals surface area contributed by atoms with Gasteiger partial charge in [-0.1, -0.05) is 157 Å². The minimum Gasteiger partial charge on any atom is -1.00 e. The standard InChI is InChI=1S/C16H17NO4.C14H13NO4.C12H15NO2.C12H13NO.C8H9.C6H12N2O3.C6H10O4.C4H7NO3.C2H7NO.BrH.Cl3OP.ClH.Mg/c1-2-20-16(19)14(18)10-15-17-11-13(21-15)9-8-12-6-4-3-5-7-12;16-12(14(17)18)8-13-15-9-11(19-13)7-6-10-4-2-1-3-5-10;1-10(14)13-9-12(15)8-7-11-5-3-2-4-6-11;1-10-13-9-12(14-10)8-7-11-5-3-2-4-6-11;1-2-8-6-4-3-5-7-8;1-5(9)7-4-6(10)8(2)11-3;1-3-9-5(7)6(8)10-4-2;1-3(6)5-2-4(7)8;1-3-4-2;;1-5(2,3)4;;/h3-7,10-11,18H,2,8-9H2,1H3;1-5,8-9,16H,6-7H2,(H,17,18);2-6H,7-9H2,1H3,(H,13,14);2-6,9H,7-8H2,1H3;3-7H,1-2H2;4H2,1-3H3,(H,7,9);3-4H2,1-2H3;2H2,1H3,(H,5,6)(H,7,8);3H,1-2H3;1H;;1H;/q;;;;-1;;;;;;;;+2/p-1/b14-10-;12-8-;;;;;;;;;;;. The number of ketones is 1. The summed E-state index contributed by atoms with van der Waals surface area (Å²) in [7, 11) is 6.13. The van der Waals surface area contributed by atoms with Gasteiger partial charge in [-0.2, -0.15) is 6.42 Å². The minimum absolute atomic E-state index is 0. The number of hydrogen-bond acceptors (Lipinski definition) is 25. The SMILES string of the molecule is CC(=O)NCC(=O)CCc1ccccc1.CC(=O)NCC(=O)O.CCOC(=O)/C(O)=C/c1ncc(CCc2ccccc2)o1.CCOC(=O)C(=O)OCC.CNOC.CON(C)C(=O)CNC(C)=O.Cc1ncc(CCc2ccccc2)o1.Cl.O=C(O)/C(O)=C/c1ncc(CCc2ccccc2)o1.O=P(Cl)(Cl)Cl.[Br-].[CH2-]Cc1ccccc1.[Mg+2]. The number of amides is 4. The monoisotopic (exact) mass is 1820 g/mol. The molecule has 0 bridgehead atoms. The number of oxazole rings is 3. The third kappa shape index (κ3) is 69.4. The minimum atomic E-state index is -3.22. The molecule has 0 aliphatic carbocycles. The first-order chi connectivity index (χ1) is 54.6. The van der Waals surface area contributed by atoms with Crippen LogP contribution < -0.4 is 38.4 Å². The molecule has 3 aromatic heterocycles. The summed E-state index contributed by atoms with van der Waals surface area (Å²) < 4.78 is 39.0. The normalized spacial score (nSPS) is 9.82. The van der Waals surface area contributed by atoms with Crippen molar-refractivity contribution in [3.63, 3.8) is 0 Å². The number of esters is 3. The number of rotatable bonds is 28. The second kappa shape index (κ2) is 73.6. The summed E-state index contributed by atoms with van der Waals surface area (Å²) >= 11 is 13.8. The van der Waals surface area contributed by atoms with Crippen molar-refractivity contribution in [3.05, 3.63) is 251 Å². The summed E-state index contributed by atoms with van der Waals surface area (Å²) in [5.41, 5.74) is 8.60. The number of carbonyl (C=O) groups excluding carboxylic acids is 8. The first kappa shape index (κ1) is 117. The summed E-state index contributed by atoms with van der Waals surface area (Å²) in [5, 5.41) is 39.8. The Morgan fingerprint density at radius 2 is 0.814 bits per heavy atom. The molecular formula is C80H104BrCl4MgN8O23P. The van der Waals surface area contributed by atoms with Gasteiger partial charge in [0.05, 0.1) is 77.9 Å². The molecule has 8 N–H and O–H groups in total. The zero-order chi connectivity index (χ0) is 86.8. The molecule has 3 heterocycles. The van der Waals surface area contributed by atoms with Crippen LogP contribution in [0.2, 0.25) is 0 Å². The number of carbonyl (C=O) groups is 10. The van der Waals surface area contributed by atoms with Crippen molar-refractivity contribution in [1.29, 1.82) is 0 Å². The molecule has 0 fully saturated rings. The number of ether oxygens (including phenoxy) is 3. The fraction of sp³-hybridized carbons (Fsp3) is 0.325. The molecule has 8 aromatic rings. The van der Waals surface area contributed by atoms with Crippen molar-refractivity contribution in [2.45, 2.75) is 106 Å². The molecule has 0 unspecified atom stereocenters. The Bertz CT molecular complexity index is 4130. The zero-order valence-electron chi connectivity index (χ0n) is 67.5. The van der Waals surface area contributed by atoms with Gasteiger partial charge in [-0.05, 0) is 102 Å². The first-order valence-corrected chi connectivity index (χ1v) is 39.6. The summed E-state index contributed by atoms with van der Waals surface area (Å²) in [4.78, 5) is 126. The largest absolute Gasteiger partial charge is 2.00 e. The van der Waals surface area contributed by atoms with E-state index in [1.165, 1.54) is 63.4 Å². The number of halogens is 5. The number of aryl methyl sites for hydroxylation is 8. The quantitative estimate of drug-likeness (QED) is 0.00260. The van der Waals surface area contributed by atoms with Crippen LogP contribution in [0.15, 0.2) is 195 Å². The smallest absolute Gasteiger partial charge is 1.00 e. The predicted molar refractivity (Wildman–Crippen MR) is 448 cm³/mol. The number of aromatic nitrogens is 3. The Labute approximate surface area is 734 Å². The van der Waals surface area contributed by atoms with Crippen molar-refractivity contribution in [2.24, 2.45) is 0 Å². The van der Waals surface area contributed by atoms with E-state index in [9.17, 15) is 57.6 Å². The Morgan fingerprint density at radius 3 is 1.10 bits per heavy atom. The van der Waals surface area contributed by atoms with Gasteiger partial charge in [0.2, 0.25) is 41.0 Å². The van der Waals surface area contributed by atoms with Crippen LogP contribution in [0.5, 0.6) is 0 Å². The number of carboxylic acids is 2. The number of aliphatic hydroxyl groups excluding tert-OH is 2. The van der Waals surface area contributed by atoms with E-state index in [-0.39, 0.29) is 133 Å². The van der Waals surface area contributed by atoms with Crippen LogP contribution in [-0.4, -0.2) is 191 Å². The molecule has 0 saturated carbocycles. The first-order valence-electron chi connectivity index (χ1n) is 35.1.